The van der Waals surface area contributed by atoms with Gasteiger partial charge in [0, 0.05) is 17.4 Å². The molecule has 2 N–H and O–H groups in total. The molecule has 5 heteroatoms. The summed E-state index contributed by atoms with van der Waals surface area (Å²) in [5, 5.41) is 6.53. The molecular weight excluding hydrogens is 280 g/mol. The smallest absolute Gasteiger partial charge is 0.234 e. The van der Waals surface area contributed by atoms with Crippen molar-refractivity contribution in [2.24, 2.45) is 0 Å². The molecule has 1 aliphatic rings. The van der Waals surface area contributed by atoms with Crippen LogP contribution in [-0.2, 0) is 16.0 Å². The van der Waals surface area contributed by atoms with Gasteiger partial charge in [-0.15, -0.1) is 0 Å². The number of aryl methyl sites for hydroxylation is 1. The number of nitrogens with one attached hydrogen (secondary N) is 2. The second-order valence-corrected chi connectivity index (χ2v) is 5.73. The van der Waals surface area contributed by atoms with Gasteiger partial charge in [-0.2, -0.15) is 0 Å². The molecule has 1 fully saturated rings. The van der Waals surface area contributed by atoms with Crippen LogP contribution >= 0.6 is 0 Å². The molecule has 0 spiro atoms. The minimum atomic E-state index is -0.300. The predicted molar refractivity (Wildman–Crippen MR) is 83.6 cm³/mol. The summed E-state index contributed by atoms with van der Waals surface area (Å²) in [4.78, 5) is 23.4. The van der Waals surface area contributed by atoms with Crippen LogP contribution in [0.5, 0.6) is 0 Å². The van der Waals surface area contributed by atoms with Crippen LogP contribution in [0.1, 0.15) is 36.3 Å². The van der Waals surface area contributed by atoms with Crippen LogP contribution in [0.25, 0.3) is 11.0 Å². The van der Waals surface area contributed by atoms with Crippen molar-refractivity contribution in [3.8, 4) is 0 Å². The third-order valence-electron chi connectivity index (χ3n) is 4.17. The fourth-order valence-corrected chi connectivity index (χ4v) is 2.98. The van der Waals surface area contributed by atoms with Crippen molar-refractivity contribution in [2.45, 2.75) is 31.6 Å². The standard InChI is InChI=1S/C17H20N2O3/c1-18-8-2-3-11-4-6-15-13(9-11)14(10-22-15)12-5-7-16(20)19-17(12)21/h4,6,9-10,12,18H,2-3,5,7-8H2,1H3,(H,19,20,21). The van der Waals surface area contributed by atoms with Crippen molar-refractivity contribution < 1.29 is 14.0 Å². The molecule has 0 saturated carbocycles. The Balaban J connectivity index is 1.88. The molecular formula is C17H20N2O3. The third-order valence-corrected chi connectivity index (χ3v) is 4.17. The van der Waals surface area contributed by atoms with Crippen molar-refractivity contribution in [1.82, 2.24) is 10.6 Å². The quantitative estimate of drug-likeness (QED) is 0.655. The molecule has 1 aromatic heterocycles. The van der Waals surface area contributed by atoms with E-state index in [2.05, 4.69) is 22.8 Å². The highest BCUT2D eigenvalue weighted by Crippen LogP contribution is 2.33. The number of carbonyl (C=O) groups is 2. The van der Waals surface area contributed by atoms with Gasteiger partial charge in [0.1, 0.15) is 5.58 Å². The number of hydrogen-bond donors (Lipinski definition) is 2. The Morgan fingerprint density at radius 2 is 2.23 bits per heavy atom. The number of hydrogen-bond acceptors (Lipinski definition) is 4. The van der Waals surface area contributed by atoms with Crippen LogP contribution in [0.4, 0.5) is 0 Å². The average molecular weight is 300 g/mol. The number of imide groups is 1. The topological polar surface area (TPSA) is 71.3 Å². The number of rotatable bonds is 5. The first kappa shape index (κ1) is 14.8. The molecule has 2 heterocycles. The van der Waals surface area contributed by atoms with E-state index in [0.717, 1.165) is 35.9 Å². The van der Waals surface area contributed by atoms with E-state index in [1.54, 1.807) is 6.26 Å². The summed E-state index contributed by atoms with van der Waals surface area (Å²) >= 11 is 0. The van der Waals surface area contributed by atoms with Crippen LogP contribution in [0, 0.1) is 0 Å². The van der Waals surface area contributed by atoms with Gasteiger partial charge in [-0.05, 0) is 50.6 Å². The van der Waals surface area contributed by atoms with Crippen molar-refractivity contribution in [1.29, 1.82) is 0 Å². The van der Waals surface area contributed by atoms with E-state index in [1.807, 2.05) is 13.1 Å². The fourth-order valence-electron chi connectivity index (χ4n) is 2.98. The molecule has 1 atom stereocenters. The lowest BCUT2D eigenvalue weighted by atomic mass is 9.90. The molecule has 0 bridgehead atoms. The molecule has 5 nitrogen and oxygen atoms in total. The van der Waals surface area contributed by atoms with Crippen molar-refractivity contribution in [3.05, 3.63) is 35.6 Å². The van der Waals surface area contributed by atoms with E-state index >= 15 is 0 Å². The molecule has 1 saturated heterocycles. The molecule has 0 aliphatic carbocycles. The Morgan fingerprint density at radius 1 is 1.36 bits per heavy atom. The molecule has 22 heavy (non-hydrogen) atoms. The monoisotopic (exact) mass is 300 g/mol. The van der Waals surface area contributed by atoms with E-state index in [1.165, 1.54) is 5.56 Å². The minimum absolute atomic E-state index is 0.193. The first-order valence-corrected chi connectivity index (χ1v) is 7.67. The highest BCUT2D eigenvalue weighted by atomic mass is 16.3. The summed E-state index contributed by atoms with van der Waals surface area (Å²) in [6.07, 6.45) is 4.63. The van der Waals surface area contributed by atoms with E-state index in [0.29, 0.717) is 12.8 Å². The molecule has 2 amide bonds. The Kier molecular flexibility index (Phi) is 4.24. The molecule has 1 aliphatic heterocycles. The van der Waals surface area contributed by atoms with Gasteiger partial charge in [0.25, 0.3) is 0 Å². The molecule has 116 valence electrons. The largest absolute Gasteiger partial charge is 0.464 e. The summed E-state index contributed by atoms with van der Waals surface area (Å²) in [7, 11) is 1.94. The van der Waals surface area contributed by atoms with Crippen LogP contribution in [-0.4, -0.2) is 25.4 Å². The second kappa shape index (κ2) is 6.32. The highest BCUT2D eigenvalue weighted by molar-refractivity contribution is 6.02. The van der Waals surface area contributed by atoms with Crippen LogP contribution < -0.4 is 10.6 Å². The number of fused-ring (bicyclic) bond motifs is 1. The summed E-state index contributed by atoms with van der Waals surface area (Å²) in [5.41, 5.74) is 2.91. The Morgan fingerprint density at radius 3 is 3.00 bits per heavy atom. The third kappa shape index (κ3) is 2.90. The maximum atomic E-state index is 12.1. The van der Waals surface area contributed by atoms with E-state index in [-0.39, 0.29) is 17.7 Å². The van der Waals surface area contributed by atoms with Gasteiger partial charge in [0.15, 0.2) is 0 Å². The van der Waals surface area contributed by atoms with Crippen LogP contribution in [0.3, 0.4) is 0 Å². The van der Waals surface area contributed by atoms with E-state index in [9.17, 15) is 9.59 Å². The minimum Gasteiger partial charge on any atom is -0.464 e. The van der Waals surface area contributed by atoms with E-state index < -0.39 is 0 Å². The normalized spacial score (nSPS) is 18.7. The summed E-state index contributed by atoms with van der Waals surface area (Å²) < 4.78 is 5.58. The highest BCUT2D eigenvalue weighted by Gasteiger charge is 2.30. The van der Waals surface area contributed by atoms with Gasteiger partial charge in [-0.25, -0.2) is 0 Å². The molecule has 1 aromatic carbocycles. The first-order valence-electron chi connectivity index (χ1n) is 7.67. The average Bonchev–Trinajstić information content (AvgIpc) is 2.91. The van der Waals surface area contributed by atoms with Gasteiger partial charge in [-0.1, -0.05) is 6.07 Å². The fraction of sp³-hybridized carbons (Fsp3) is 0.412. The molecule has 3 rings (SSSR count). The summed E-state index contributed by atoms with van der Waals surface area (Å²) in [5.74, 6) is -0.715. The Bertz CT molecular complexity index is 705. The second-order valence-electron chi connectivity index (χ2n) is 5.73. The lowest BCUT2D eigenvalue weighted by molar-refractivity contribution is -0.134. The maximum Gasteiger partial charge on any atom is 0.234 e. The predicted octanol–water partition coefficient (Wildman–Crippen LogP) is 2.10. The summed E-state index contributed by atoms with van der Waals surface area (Å²) in [6.45, 7) is 0.976. The number of benzene rings is 1. The zero-order valence-electron chi connectivity index (χ0n) is 12.6. The van der Waals surface area contributed by atoms with Crippen molar-refractivity contribution >= 4 is 22.8 Å². The van der Waals surface area contributed by atoms with Crippen molar-refractivity contribution in [3.63, 3.8) is 0 Å². The lowest BCUT2D eigenvalue weighted by Crippen LogP contribution is -2.39. The lowest BCUT2D eigenvalue weighted by Gasteiger charge is -2.19. The van der Waals surface area contributed by atoms with Gasteiger partial charge < -0.3 is 9.73 Å². The molecule has 2 aromatic rings. The van der Waals surface area contributed by atoms with E-state index in [4.69, 9.17) is 4.42 Å². The van der Waals surface area contributed by atoms with Gasteiger partial charge in [0.05, 0.1) is 12.2 Å². The molecule has 1 unspecified atom stereocenters. The van der Waals surface area contributed by atoms with Crippen molar-refractivity contribution in [2.75, 3.05) is 13.6 Å². The summed E-state index contributed by atoms with van der Waals surface area (Å²) in [6, 6.07) is 6.13. The van der Waals surface area contributed by atoms with Gasteiger partial charge in [0.2, 0.25) is 11.8 Å². The van der Waals surface area contributed by atoms with Gasteiger partial charge >= 0.3 is 0 Å². The number of furan rings is 1. The Hall–Kier alpha value is -2.14. The maximum absolute atomic E-state index is 12.1. The van der Waals surface area contributed by atoms with Gasteiger partial charge in [-0.3, -0.25) is 14.9 Å². The number of piperidine rings is 1. The Labute approximate surface area is 129 Å². The number of carbonyl (C=O) groups excluding carboxylic acids is 2. The number of amides is 2. The van der Waals surface area contributed by atoms with Crippen LogP contribution in [0.2, 0.25) is 0 Å². The van der Waals surface area contributed by atoms with Crippen LogP contribution in [0.15, 0.2) is 28.9 Å². The first-order chi connectivity index (χ1) is 10.7. The SMILES string of the molecule is CNCCCc1ccc2occ(C3CCC(=O)NC3=O)c2c1. The zero-order chi connectivity index (χ0) is 15.5. The zero-order valence-corrected chi connectivity index (χ0v) is 12.6. The molecule has 0 radical (unpaired) electrons.